The Balaban J connectivity index is 1.60. The van der Waals surface area contributed by atoms with Crippen molar-refractivity contribution >= 4 is 27.6 Å². The molecule has 4 rings (SSSR count). The van der Waals surface area contributed by atoms with E-state index in [4.69, 9.17) is 4.74 Å². The maximum absolute atomic E-state index is 12.5. The zero-order valence-electron chi connectivity index (χ0n) is 12.5. The Morgan fingerprint density at radius 1 is 0.826 bits per heavy atom. The van der Waals surface area contributed by atoms with Crippen LogP contribution in [0.4, 0.5) is 0 Å². The first-order valence-corrected chi connectivity index (χ1v) is 7.53. The molecule has 1 heterocycles. The molecule has 0 fully saturated rings. The number of hydrogen-bond donors (Lipinski definition) is 0. The first kappa shape index (κ1) is 13.6. The van der Waals surface area contributed by atoms with Crippen molar-refractivity contribution in [3.05, 3.63) is 79.0 Å². The quantitative estimate of drug-likeness (QED) is 0.557. The summed E-state index contributed by atoms with van der Waals surface area (Å²) in [4.78, 5) is 12.5. The minimum atomic E-state index is -0.0841. The second-order valence-corrected chi connectivity index (χ2v) is 5.40. The number of para-hydroxylation sites is 1. The van der Waals surface area contributed by atoms with Crippen LogP contribution in [0.25, 0.3) is 21.7 Å². The Kier molecular flexibility index (Phi) is 3.31. The third kappa shape index (κ3) is 2.46. The predicted molar refractivity (Wildman–Crippen MR) is 92.0 cm³/mol. The number of carbonyl (C=O) groups excluding carboxylic acids is 1. The summed E-state index contributed by atoms with van der Waals surface area (Å²) in [5, 5.41) is 3.16. The average molecular weight is 301 g/mol. The van der Waals surface area contributed by atoms with Crippen molar-refractivity contribution in [2.24, 2.45) is 0 Å². The second kappa shape index (κ2) is 5.61. The second-order valence-electron chi connectivity index (χ2n) is 5.40. The van der Waals surface area contributed by atoms with Gasteiger partial charge in [0, 0.05) is 17.0 Å². The highest BCUT2D eigenvalue weighted by atomic mass is 16.5. The van der Waals surface area contributed by atoms with Crippen LogP contribution in [-0.4, -0.2) is 17.1 Å². The van der Waals surface area contributed by atoms with Crippen molar-refractivity contribution in [3.8, 4) is 5.75 Å². The van der Waals surface area contributed by atoms with Gasteiger partial charge in [0.15, 0.2) is 6.61 Å². The molecular formula is C20H15NO2. The van der Waals surface area contributed by atoms with Gasteiger partial charge in [-0.1, -0.05) is 54.6 Å². The van der Waals surface area contributed by atoms with Gasteiger partial charge >= 0.3 is 0 Å². The lowest BCUT2D eigenvalue weighted by Crippen LogP contribution is -2.18. The Bertz CT molecular complexity index is 995. The number of rotatable bonds is 3. The fourth-order valence-electron chi connectivity index (χ4n) is 2.83. The van der Waals surface area contributed by atoms with Crippen LogP contribution in [0.1, 0.15) is 4.79 Å². The number of carbonyl (C=O) groups is 1. The van der Waals surface area contributed by atoms with Gasteiger partial charge in [0.1, 0.15) is 5.75 Å². The molecule has 0 saturated carbocycles. The minimum absolute atomic E-state index is 0.00663. The summed E-state index contributed by atoms with van der Waals surface area (Å²) in [5.41, 5.74) is 0.902. The lowest BCUT2D eigenvalue weighted by atomic mass is 10.1. The number of fused-ring (bicyclic) bond motifs is 2. The monoisotopic (exact) mass is 301 g/mol. The summed E-state index contributed by atoms with van der Waals surface area (Å²) < 4.78 is 7.42. The molecule has 3 nitrogen and oxygen atoms in total. The van der Waals surface area contributed by atoms with E-state index in [0.717, 1.165) is 27.4 Å². The van der Waals surface area contributed by atoms with E-state index in [0.29, 0.717) is 0 Å². The van der Waals surface area contributed by atoms with Gasteiger partial charge in [0.2, 0.25) is 0 Å². The van der Waals surface area contributed by atoms with Crippen LogP contribution < -0.4 is 4.74 Å². The van der Waals surface area contributed by atoms with Crippen molar-refractivity contribution < 1.29 is 9.53 Å². The molecular weight excluding hydrogens is 286 g/mol. The standard InChI is InChI=1S/C20H15NO2/c22-20(21-13-12-16-7-2-4-10-18(16)21)14-23-19-11-5-8-15-6-1-3-9-17(15)19/h1-13H,14H2. The van der Waals surface area contributed by atoms with Crippen LogP contribution in [0.2, 0.25) is 0 Å². The molecule has 0 N–H and O–H groups in total. The molecule has 0 radical (unpaired) electrons. The van der Waals surface area contributed by atoms with Crippen molar-refractivity contribution in [2.45, 2.75) is 0 Å². The van der Waals surface area contributed by atoms with E-state index in [1.165, 1.54) is 0 Å². The molecule has 4 aromatic rings. The van der Waals surface area contributed by atoms with Crippen LogP contribution in [0.15, 0.2) is 79.0 Å². The highest BCUT2D eigenvalue weighted by Crippen LogP contribution is 2.25. The molecule has 23 heavy (non-hydrogen) atoms. The zero-order valence-corrected chi connectivity index (χ0v) is 12.5. The summed E-state index contributed by atoms with van der Waals surface area (Å²) >= 11 is 0. The van der Waals surface area contributed by atoms with Gasteiger partial charge in [-0.05, 0) is 23.6 Å². The van der Waals surface area contributed by atoms with E-state index in [9.17, 15) is 4.79 Å². The SMILES string of the molecule is O=C(COc1cccc2ccccc12)n1ccc2ccccc21. The van der Waals surface area contributed by atoms with Crippen LogP contribution in [0.5, 0.6) is 5.75 Å². The molecule has 112 valence electrons. The topological polar surface area (TPSA) is 31.2 Å². The smallest absolute Gasteiger partial charge is 0.268 e. The molecule has 0 spiro atoms. The molecule has 0 amide bonds. The Morgan fingerprint density at radius 3 is 2.48 bits per heavy atom. The number of aromatic nitrogens is 1. The molecule has 3 heteroatoms. The normalized spacial score (nSPS) is 11.0. The minimum Gasteiger partial charge on any atom is -0.483 e. The first-order valence-electron chi connectivity index (χ1n) is 7.53. The fraction of sp³-hybridized carbons (Fsp3) is 0.0500. The summed E-state index contributed by atoms with van der Waals surface area (Å²) in [6, 6.07) is 23.6. The van der Waals surface area contributed by atoms with E-state index in [-0.39, 0.29) is 12.5 Å². The summed E-state index contributed by atoms with van der Waals surface area (Å²) in [7, 11) is 0. The average Bonchev–Trinajstić information content (AvgIpc) is 3.04. The van der Waals surface area contributed by atoms with E-state index >= 15 is 0 Å². The lowest BCUT2D eigenvalue weighted by Gasteiger charge is -2.09. The maximum Gasteiger partial charge on any atom is 0.268 e. The van der Waals surface area contributed by atoms with Gasteiger partial charge in [-0.3, -0.25) is 9.36 Å². The number of hydrogen-bond acceptors (Lipinski definition) is 2. The summed E-state index contributed by atoms with van der Waals surface area (Å²) in [5.74, 6) is 0.645. The molecule has 0 saturated heterocycles. The molecule has 0 atom stereocenters. The molecule has 0 unspecified atom stereocenters. The lowest BCUT2D eigenvalue weighted by molar-refractivity contribution is 0.0844. The molecule has 0 aliphatic rings. The van der Waals surface area contributed by atoms with Crippen LogP contribution in [0.3, 0.4) is 0 Å². The first-order chi connectivity index (χ1) is 11.3. The van der Waals surface area contributed by atoms with Crippen LogP contribution in [0, 0.1) is 0 Å². The number of nitrogens with zero attached hydrogens (tertiary/aromatic N) is 1. The van der Waals surface area contributed by atoms with Gasteiger partial charge in [-0.15, -0.1) is 0 Å². The molecule has 1 aromatic heterocycles. The van der Waals surface area contributed by atoms with Crippen LogP contribution >= 0.6 is 0 Å². The van der Waals surface area contributed by atoms with Gasteiger partial charge in [-0.25, -0.2) is 0 Å². The molecule has 3 aromatic carbocycles. The van der Waals surface area contributed by atoms with Gasteiger partial charge in [0.25, 0.3) is 5.91 Å². The van der Waals surface area contributed by atoms with Gasteiger partial charge in [-0.2, -0.15) is 0 Å². The molecule has 0 aliphatic carbocycles. The Hall–Kier alpha value is -3.07. The fourth-order valence-corrected chi connectivity index (χ4v) is 2.83. The maximum atomic E-state index is 12.5. The van der Waals surface area contributed by atoms with Gasteiger partial charge in [0.05, 0.1) is 5.52 Å². The van der Waals surface area contributed by atoms with Crippen LogP contribution in [-0.2, 0) is 0 Å². The highest BCUT2D eigenvalue weighted by Gasteiger charge is 2.10. The molecule has 0 bridgehead atoms. The third-order valence-electron chi connectivity index (χ3n) is 3.97. The summed E-state index contributed by atoms with van der Waals surface area (Å²) in [6.07, 6.45) is 1.79. The predicted octanol–water partition coefficient (Wildman–Crippen LogP) is 4.51. The van der Waals surface area contributed by atoms with Crippen molar-refractivity contribution in [3.63, 3.8) is 0 Å². The van der Waals surface area contributed by atoms with E-state index in [1.54, 1.807) is 10.8 Å². The number of benzene rings is 3. The summed E-state index contributed by atoms with van der Waals surface area (Å²) in [6.45, 7) is 0.00663. The van der Waals surface area contributed by atoms with Gasteiger partial charge < -0.3 is 4.74 Å². The Labute approximate surface area is 133 Å². The van der Waals surface area contributed by atoms with Crippen molar-refractivity contribution in [2.75, 3.05) is 6.61 Å². The van der Waals surface area contributed by atoms with E-state index in [1.807, 2.05) is 72.8 Å². The van der Waals surface area contributed by atoms with E-state index in [2.05, 4.69) is 0 Å². The Morgan fingerprint density at radius 2 is 1.57 bits per heavy atom. The third-order valence-corrected chi connectivity index (χ3v) is 3.97. The highest BCUT2D eigenvalue weighted by molar-refractivity contribution is 5.93. The largest absolute Gasteiger partial charge is 0.483 e. The zero-order chi connectivity index (χ0) is 15.6. The van der Waals surface area contributed by atoms with Crippen molar-refractivity contribution in [1.29, 1.82) is 0 Å². The number of ether oxygens (including phenoxy) is 1. The van der Waals surface area contributed by atoms with E-state index < -0.39 is 0 Å². The molecule has 0 aliphatic heterocycles. The van der Waals surface area contributed by atoms with Crippen molar-refractivity contribution in [1.82, 2.24) is 4.57 Å².